The minimum atomic E-state index is 0.390. The predicted molar refractivity (Wildman–Crippen MR) is 91.7 cm³/mol. The molecule has 0 amide bonds. The van der Waals surface area contributed by atoms with Crippen LogP contribution in [0.15, 0.2) is 12.1 Å². The van der Waals surface area contributed by atoms with Crippen molar-refractivity contribution < 1.29 is 0 Å². The zero-order valence-corrected chi connectivity index (χ0v) is 14.3. The van der Waals surface area contributed by atoms with Crippen LogP contribution in [0, 0.1) is 20.8 Å². The van der Waals surface area contributed by atoms with Gasteiger partial charge in [0, 0.05) is 18.6 Å². The molecule has 0 spiro atoms. The van der Waals surface area contributed by atoms with E-state index in [1.165, 1.54) is 60.9 Å². The van der Waals surface area contributed by atoms with Crippen molar-refractivity contribution in [2.24, 2.45) is 5.73 Å². The fraction of sp³-hybridized carbons (Fsp3) is 0.684. The third kappa shape index (κ3) is 3.67. The van der Waals surface area contributed by atoms with Gasteiger partial charge in [-0.2, -0.15) is 0 Å². The summed E-state index contributed by atoms with van der Waals surface area (Å²) in [6.07, 6.45) is 6.62. The monoisotopic (exact) mass is 288 g/mol. The van der Waals surface area contributed by atoms with E-state index < -0.39 is 0 Å². The maximum absolute atomic E-state index is 6.21. The zero-order chi connectivity index (χ0) is 15.4. The van der Waals surface area contributed by atoms with E-state index in [9.17, 15) is 0 Å². The molecule has 2 rings (SSSR count). The molecule has 1 aliphatic rings. The van der Waals surface area contributed by atoms with Crippen LogP contribution in [0.3, 0.4) is 0 Å². The lowest BCUT2D eigenvalue weighted by molar-refractivity contribution is 0.0909. The molecule has 0 bridgehead atoms. The van der Waals surface area contributed by atoms with Gasteiger partial charge in [-0.1, -0.05) is 31.9 Å². The third-order valence-electron chi connectivity index (χ3n) is 5.16. The van der Waals surface area contributed by atoms with Crippen LogP contribution in [0.2, 0.25) is 0 Å². The van der Waals surface area contributed by atoms with Crippen LogP contribution in [0.25, 0.3) is 0 Å². The first-order chi connectivity index (χ1) is 10.1. The summed E-state index contributed by atoms with van der Waals surface area (Å²) in [6, 6.07) is 5.81. The van der Waals surface area contributed by atoms with Crippen molar-refractivity contribution in [3.8, 4) is 0 Å². The van der Waals surface area contributed by atoms with Gasteiger partial charge in [0.25, 0.3) is 0 Å². The highest BCUT2D eigenvalue weighted by molar-refractivity contribution is 5.38. The first-order valence-corrected chi connectivity index (χ1v) is 8.62. The largest absolute Gasteiger partial charge is 0.329 e. The van der Waals surface area contributed by atoms with Crippen molar-refractivity contribution in [1.82, 2.24) is 4.90 Å². The maximum atomic E-state index is 6.21. The number of nitrogens with two attached hydrogens (primary N) is 1. The Kier molecular flexibility index (Phi) is 5.83. The van der Waals surface area contributed by atoms with Gasteiger partial charge in [-0.3, -0.25) is 4.90 Å². The summed E-state index contributed by atoms with van der Waals surface area (Å²) in [7, 11) is 0. The summed E-state index contributed by atoms with van der Waals surface area (Å²) >= 11 is 0. The SMILES string of the molecule is CCCC1CCCCN1C(CN)c1cc(C)c(C)cc1C. The fourth-order valence-electron chi connectivity index (χ4n) is 3.86. The second kappa shape index (κ2) is 7.42. The van der Waals surface area contributed by atoms with Crippen molar-refractivity contribution in [3.05, 3.63) is 34.4 Å². The molecule has 21 heavy (non-hydrogen) atoms. The molecule has 0 radical (unpaired) electrons. The average Bonchev–Trinajstić information content (AvgIpc) is 2.47. The summed E-state index contributed by atoms with van der Waals surface area (Å²) < 4.78 is 0. The average molecular weight is 288 g/mol. The lowest BCUT2D eigenvalue weighted by Gasteiger charge is -2.42. The van der Waals surface area contributed by atoms with E-state index in [4.69, 9.17) is 5.73 Å². The normalized spacial score (nSPS) is 21.5. The molecule has 0 aromatic heterocycles. The number of likely N-dealkylation sites (tertiary alicyclic amines) is 1. The number of nitrogens with zero attached hydrogens (tertiary/aromatic N) is 1. The molecule has 0 saturated carbocycles. The number of piperidine rings is 1. The van der Waals surface area contributed by atoms with Crippen LogP contribution < -0.4 is 5.73 Å². The van der Waals surface area contributed by atoms with Gasteiger partial charge in [0.1, 0.15) is 0 Å². The van der Waals surface area contributed by atoms with Gasteiger partial charge in [0.15, 0.2) is 0 Å². The highest BCUT2D eigenvalue weighted by Crippen LogP contribution is 2.32. The Hall–Kier alpha value is -0.860. The van der Waals surface area contributed by atoms with Gasteiger partial charge < -0.3 is 5.73 Å². The van der Waals surface area contributed by atoms with E-state index in [1.54, 1.807) is 0 Å². The quantitative estimate of drug-likeness (QED) is 0.877. The Morgan fingerprint density at radius 2 is 1.86 bits per heavy atom. The Morgan fingerprint density at radius 3 is 2.52 bits per heavy atom. The van der Waals surface area contributed by atoms with Gasteiger partial charge in [-0.05, 0) is 68.8 Å². The molecular weight excluding hydrogens is 256 g/mol. The lowest BCUT2D eigenvalue weighted by Crippen LogP contribution is -2.44. The molecule has 1 aromatic rings. The van der Waals surface area contributed by atoms with Crippen molar-refractivity contribution in [2.75, 3.05) is 13.1 Å². The van der Waals surface area contributed by atoms with Gasteiger partial charge >= 0.3 is 0 Å². The van der Waals surface area contributed by atoms with Gasteiger partial charge in [-0.15, -0.1) is 0 Å². The minimum absolute atomic E-state index is 0.390. The molecule has 2 unspecified atom stereocenters. The summed E-state index contributed by atoms with van der Waals surface area (Å²) in [5.41, 5.74) is 11.8. The number of hydrogen-bond acceptors (Lipinski definition) is 2. The first kappa shape index (κ1) is 16.5. The van der Waals surface area contributed by atoms with E-state index >= 15 is 0 Å². The molecule has 2 nitrogen and oxygen atoms in total. The maximum Gasteiger partial charge on any atom is 0.0476 e. The molecule has 2 N–H and O–H groups in total. The van der Waals surface area contributed by atoms with Gasteiger partial charge in [-0.25, -0.2) is 0 Å². The van der Waals surface area contributed by atoms with Crippen LogP contribution in [-0.4, -0.2) is 24.0 Å². The second-order valence-electron chi connectivity index (χ2n) is 6.72. The number of benzene rings is 1. The molecule has 0 aliphatic carbocycles. The highest BCUT2D eigenvalue weighted by Gasteiger charge is 2.29. The molecule has 2 atom stereocenters. The Bertz CT molecular complexity index is 465. The molecule has 118 valence electrons. The van der Waals surface area contributed by atoms with Gasteiger partial charge in [0.05, 0.1) is 0 Å². The van der Waals surface area contributed by atoms with Crippen LogP contribution in [-0.2, 0) is 0 Å². The van der Waals surface area contributed by atoms with E-state index in [2.05, 4.69) is 44.7 Å². The topological polar surface area (TPSA) is 29.3 Å². The molecule has 1 aliphatic heterocycles. The molecule has 1 saturated heterocycles. The van der Waals surface area contributed by atoms with Crippen LogP contribution in [0.4, 0.5) is 0 Å². The van der Waals surface area contributed by atoms with Crippen molar-refractivity contribution in [3.63, 3.8) is 0 Å². The van der Waals surface area contributed by atoms with E-state index in [0.717, 1.165) is 12.6 Å². The number of hydrogen-bond donors (Lipinski definition) is 1. The first-order valence-electron chi connectivity index (χ1n) is 8.62. The molecule has 1 aromatic carbocycles. The number of aryl methyl sites for hydroxylation is 3. The highest BCUT2D eigenvalue weighted by atomic mass is 15.2. The lowest BCUT2D eigenvalue weighted by atomic mass is 9.90. The van der Waals surface area contributed by atoms with Crippen LogP contribution in [0.5, 0.6) is 0 Å². The fourth-order valence-corrected chi connectivity index (χ4v) is 3.86. The molecule has 1 heterocycles. The smallest absolute Gasteiger partial charge is 0.0476 e. The zero-order valence-electron chi connectivity index (χ0n) is 14.3. The third-order valence-corrected chi connectivity index (χ3v) is 5.16. The minimum Gasteiger partial charge on any atom is -0.329 e. The molecular formula is C19H32N2. The predicted octanol–water partition coefficient (Wildman–Crippen LogP) is 4.27. The van der Waals surface area contributed by atoms with Crippen LogP contribution in [0.1, 0.15) is 67.3 Å². The van der Waals surface area contributed by atoms with Gasteiger partial charge in [0.2, 0.25) is 0 Å². The standard InChI is InChI=1S/C19H32N2/c1-5-8-17-9-6-7-10-21(17)19(13-20)18-12-15(3)14(2)11-16(18)4/h11-12,17,19H,5-10,13,20H2,1-4H3. The summed E-state index contributed by atoms with van der Waals surface area (Å²) in [4.78, 5) is 2.70. The van der Waals surface area contributed by atoms with Crippen molar-refractivity contribution >= 4 is 0 Å². The van der Waals surface area contributed by atoms with Crippen molar-refractivity contribution in [2.45, 2.75) is 71.9 Å². The molecule has 1 fully saturated rings. The Balaban J connectivity index is 2.31. The van der Waals surface area contributed by atoms with Crippen molar-refractivity contribution in [1.29, 1.82) is 0 Å². The summed E-state index contributed by atoms with van der Waals surface area (Å²) in [5.74, 6) is 0. The Morgan fingerprint density at radius 1 is 1.14 bits per heavy atom. The van der Waals surface area contributed by atoms with E-state index in [0.29, 0.717) is 6.04 Å². The summed E-state index contributed by atoms with van der Waals surface area (Å²) in [5, 5.41) is 0. The summed E-state index contributed by atoms with van der Waals surface area (Å²) in [6.45, 7) is 10.9. The number of rotatable bonds is 5. The Labute approximate surface area is 130 Å². The van der Waals surface area contributed by atoms with E-state index in [-0.39, 0.29) is 0 Å². The molecule has 2 heteroatoms. The van der Waals surface area contributed by atoms with E-state index in [1.807, 2.05) is 0 Å². The second-order valence-corrected chi connectivity index (χ2v) is 6.72. The van der Waals surface area contributed by atoms with Crippen LogP contribution >= 0.6 is 0 Å².